The van der Waals surface area contributed by atoms with Crippen LogP contribution in [0.4, 0.5) is 39.3 Å². The van der Waals surface area contributed by atoms with Crippen LogP contribution in [-0.2, 0) is 23.8 Å². The van der Waals surface area contributed by atoms with E-state index >= 15 is 0 Å². The molecule has 28 heteroatoms. The highest BCUT2D eigenvalue weighted by Crippen LogP contribution is 2.36. The molecule has 6 heterocycles. The lowest BCUT2D eigenvalue weighted by molar-refractivity contribution is -0.111. The van der Waals surface area contributed by atoms with Crippen molar-refractivity contribution in [3.05, 3.63) is 104 Å². The summed E-state index contributed by atoms with van der Waals surface area (Å²) in [6.07, 6.45) is 1.76. The van der Waals surface area contributed by atoms with Crippen LogP contribution in [0.1, 0.15) is 135 Å². The number of likely N-dealkylation sites (N-methyl/N-ethyl adjacent to an activating group) is 2. The third kappa shape index (κ3) is 20.4. The fourth-order valence-corrected chi connectivity index (χ4v) is 10.9. The van der Waals surface area contributed by atoms with E-state index in [2.05, 4.69) is 30.4 Å². The van der Waals surface area contributed by atoms with Gasteiger partial charge in [0.25, 0.3) is 23.6 Å². The zero-order valence-electron chi connectivity index (χ0n) is 56.4. The summed E-state index contributed by atoms with van der Waals surface area (Å²) in [7, 11) is 0. The van der Waals surface area contributed by atoms with Gasteiger partial charge in [-0.1, -0.05) is 27.7 Å². The van der Waals surface area contributed by atoms with Crippen molar-refractivity contribution in [3.63, 3.8) is 0 Å². The van der Waals surface area contributed by atoms with E-state index in [-0.39, 0.29) is 74.1 Å². The minimum absolute atomic E-state index is 0. The van der Waals surface area contributed by atoms with Crippen LogP contribution in [0.25, 0.3) is 23.3 Å². The lowest BCUT2D eigenvalue weighted by Crippen LogP contribution is -2.51. The van der Waals surface area contributed by atoms with Crippen molar-refractivity contribution in [2.45, 2.75) is 108 Å². The topological polar surface area (TPSA) is 266 Å². The predicted octanol–water partition coefficient (Wildman–Crippen LogP) is 10.0. The van der Waals surface area contributed by atoms with Crippen molar-refractivity contribution >= 4 is 106 Å². The minimum atomic E-state index is -0.846. The first-order valence-corrected chi connectivity index (χ1v) is 31.7. The quantitative estimate of drug-likeness (QED) is 0.0285. The molecule has 2 aromatic carbocycles. The summed E-state index contributed by atoms with van der Waals surface area (Å²) in [5.74, 6) is -2.69. The maximum absolute atomic E-state index is 14.0. The molecule has 24 nitrogen and oxygen atoms in total. The molecule has 0 bridgehead atoms. The number of piperazine rings is 2. The summed E-state index contributed by atoms with van der Waals surface area (Å²) in [6.45, 7) is 34.8. The van der Waals surface area contributed by atoms with Crippen LogP contribution in [0.2, 0.25) is 0 Å². The van der Waals surface area contributed by atoms with Crippen molar-refractivity contribution in [1.82, 2.24) is 49.2 Å². The molecule has 4 aliphatic heterocycles. The highest BCUT2D eigenvalue weighted by Gasteiger charge is 2.34. The van der Waals surface area contributed by atoms with Crippen LogP contribution in [0, 0.1) is 39.3 Å². The second kappa shape index (κ2) is 34.1. The zero-order valence-corrected chi connectivity index (χ0v) is 58.0. The molecule has 8 rings (SSSR count). The van der Waals surface area contributed by atoms with E-state index in [1.54, 1.807) is 49.6 Å². The average molecular weight is 1350 g/mol. The van der Waals surface area contributed by atoms with Crippen molar-refractivity contribution in [1.29, 1.82) is 0 Å². The Bertz CT molecular complexity index is 3440. The van der Waals surface area contributed by atoms with E-state index in [9.17, 15) is 47.1 Å². The van der Waals surface area contributed by atoms with Crippen LogP contribution in [-0.4, -0.2) is 231 Å². The third-order valence-electron chi connectivity index (χ3n) is 16.1. The van der Waals surface area contributed by atoms with E-state index < -0.39 is 46.1 Å². The first-order valence-electron chi connectivity index (χ1n) is 31.3. The molecule has 516 valence electrons. The van der Waals surface area contributed by atoms with Gasteiger partial charge in [0.2, 0.25) is 0 Å². The second-order valence-corrected chi connectivity index (χ2v) is 25.1. The fraction of sp³-hybridized carbons (Fsp3) is 0.515. The minimum Gasteiger partial charge on any atom is -0.444 e. The van der Waals surface area contributed by atoms with Gasteiger partial charge in [-0.05, 0) is 167 Å². The summed E-state index contributed by atoms with van der Waals surface area (Å²) in [5, 5.41) is 13.5. The number of amides is 8. The number of aryl methyl sites for hydroxylation is 2. The Morgan fingerprint density at radius 3 is 1.32 bits per heavy atom. The predicted molar refractivity (Wildman–Crippen MR) is 360 cm³/mol. The number of aliphatic hydroxyl groups excluding tert-OH is 1. The molecule has 0 saturated carbocycles. The number of H-pyrrole nitrogens is 2. The molecule has 4 aromatic rings. The summed E-state index contributed by atoms with van der Waals surface area (Å²) in [6, 6.07) is 8.14. The number of benzene rings is 2. The molecular formula is C66H92Cl2F2N12O12. The van der Waals surface area contributed by atoms with E-state index in [1.807, 2.05) is 79.0 Å². The number of carbonyl (C=O) groups excluding carboxylic acids is 8. The van der Waals surface area contributed by atoms with Crippen LogP contribution in [0.3, 0.4) is 0 Å². The molecule has 0 unspecified atom stereocenters. The number of aromatic nitrogens is 2. The monoisotopic (exact) mass is 1350 g/mol. The summed E-state index contributed by atoms with van der Waals surface area (Å²) in [4.78, 5) is 122. The number of aromatic amines is 2. The van der Waals surface area contributed by atoms with Gasteiger partial charge >= 0.3 is 23.6 Å². The lowest BCUT2D eigenvalue weighted by Gasteiger charge is -2.35. The second-order valence-electron chi connectivity index (χ2n) is 24.8. The molecule has 2 aromatic heterocycles. The van der Waals surface area contributed by atoms with Gasteiger partial charge in [-0.2, -0.15) is 0 Å². The van der Waals surface area contributed by atoms with Crippen LogP contribution in [0.5, 0.6) is 0 Å². The maximum atomic E-state index is 14.0. The molecular weight excluding hydrogens is 1260 g/mol. The first kappa shape index (κ1) is 77.0. The Labute approximate surface area is 560 Å². The van der Waals surface area contributed by atoms with Crippen molar-refractivity contribution in [2.75, 3.05) is 129 Å². The van der Waals surface area contributed by atoms with Gasteiger partial charge < -0.3 is 59.5 Å². The Kier molecular flexibility index (Phi) is 27.9. The Morgan fingerprint density at radius 1 is 0.585 bits per heavy atom. The number of hydrogen-bond acceptors (Lipinski definition) is 16. The number of anilines is 2. The average Bonchev–Trinajstić information content (AvgIpc) is 1.64. The number of nitrogens with one attached hydrogen (secondary N) is 4. The highest BCUT2D eigenvalue weighted by atomic mass is 35.5. The van der Waals surface area contributed by atoms with Gasteiger partial charge in [0.05, 0.1) is 29.0 Å². The normalized spacial score (nSPS) is 15.7. The first-order chi connectivity index (χ1) is 43.8. The van der Waals surface area contributed by atoms with Crippen molar-refractivity contribution < 1.29 is 66.5 Å². The van der Waals surface area contributed by atoms with Crippen molar-refractivity contribution in [2.24, 2.45) is 0 Å². The standard InChI is InChI=1S/C33H45FN6O6.C23H26ClFN4O3.C10H20N2O3.ClH/c1-8-37(9-2)14-17-40(32(44)45-20-38-12-15-39(16-13-38)31(43)46-33(5,6)7)30(42)28-21(3)27(35-22(28)4)19-25-24-18-23(34)10-11-26(24)36-29(25)41;1-5-28(6-2)9-10-29(23(24)32)22(31)20-13(3)19(26-14(20)4)12-17-16-11-15(25)7-8-18(16)27-21(17)30;1-10(2,3)15-9(14)12-6-4-11(8-13)5-7-12;/h10-11,18-19,35H,8-9,12-17,20H2,1-7H3,(H,36,41);7-8,11-12,26H,5-6,9-10H2,1-4H3,(H,27,30);13H,4-8H2,1-3H3;1H/b25-19-;17-12-;;. The van der Waals surface area contributed by atoms with Crippen molar-refractivity contribution in [3.8, 4) is 0 Å². The van der Waals surface area contributed by atoms with E-state index in [1.165, 1.54) is 36.4 Å². The smallest absolute Gasteiger partial charge is 0.418 e. The van der Waals surface area contributed by atoms with Gasteiger partial charge in [-0.25, -0.2) is 28.1 Å². The summed E-state index contributed by atoms with van der Waals surface area (Å²) in [5.41, 5.74) is 5.27. The van der Waals surface area contributed by atoms with Crippen LogP contribution < -0.4 is 10.6 Å². The zero-order chi connectivity index (χ0) is 68.8. The van der Waals surface area contributed by atoms with E-state index in [0.29, 0.717) is 133 Å². The number of imide groups is 2. The molecule has 8 amide bonds. The number of aliphatic hydroxyl groups is 1. The number of fused-ring (bicyclic) bond motifs is 2. The summed E-state index contributed by atoms with van der Waals surface area (Å²) >= 11 is 5.73. The number of nitrogens with zero attached hydrogens (tertiary/aromatic N) is 8. The molecule has 0 aliphatic carbocycles. The van der Waals surface area contributed by atoms with Crippen LogP contribution >= 0.6 is 24.0 Å². The van der Waals surface area contributed by atoms with Gasteiger partial charge in [-0.3, -0.25) is 38.7 Å². The molecule has 0 atom stereocenters. The molecule has 94 heavy (non-hydrogen) atoms. The van der Waals surface area contributed by atoms with Gasteiger partial charge in [0, 0.05) is 124 Å². The Morgan fingerprint density at radius 2 is 0.957 bits per heavy atom. The molecule has 2 fully saturated rings. The van der Waals surface area contributed by atoms with Gasteiger partial charge in [-0.15, -0.1) is 12.4 Å². The maximum Gasteiger partial charge on any atom is 0.418 e. The number of halogens is 4. The molecule has 0 spiro atoms. The van der Waals surface area contributed by atoms with E-state index in [0.717, 1.165) is 36.0 Å². The largest absolute Gasteiger partial charge is 0.444 e. The number of rotatable bonds is 17. The van der Waals surface area contributed by atoms with Gasteiger partial charge in [0.15, 0.2) is 0 Å². The fourth-order valence-electron chi connectivity index (χ4n) is 10.8. The number of hydrogen-bond donors (Lipinski definition) is 5. The summed E-state index contributed by atoms with van der Waals surface area (Å²) < 4.78 is 44.1. The van der Waals surface area contributed by atoms with Crippen LogP contribution in [0.15, 0.2) is 36.4 Å². The van der Waals surface area contributed by atoms with E-state index in [4.69, 9.17) is 30.9 Å². The lowest BCUT2D eigenvalue weighted by atomic mass is 10.0. The molecule has 0 radical (unpaired) electrons. The Hall–Kier alpha value is -7.72. The SMILES string of the molecule is CC(C)(C)OC(=O)N1CCN(CO)CC1.CCN(CC)CCN(C(=O)Cl)C(=O)c1c(C)[nH]c(/C=C2\C(=O)Nc3ccc(F)cc32)c1C.CCN(CC)CCN(C(=O)OCN1CCN(C(=O)OC(C)(C)C)CC1)C(=O)c1c(C)[nH]c(/C=C2\C(=O)Nc3ccc(F)cc32)c1C.Cl. The number of ether oxygens (including phenoxy) is 3. The molecule has 2 saturated heterocycles. The highest BCUT2D eigenvalue weighted by molar-refractivity contribution is 6.64. The third-order valence-corrected chi connectivity index (χ3v) is 16.3. The molecule has 5 N–H and O–H groups in total. The van der Waals surface area contributed by atoms with Gasteiger partial charge in [0.1, 0.15) is 29.6 Å². The number of carbonyl (C=O) groups is 8. The Balaban J connectivity index is 0.000000287. The molecule has 4 aliphatic rings.